The van der Waals surface area contributed by atoms with Crippen molar-refractivity contribution in [2.75, 3.05) is 38.1 Å². The molecule has 6 nitrogen and oxygen atoms in total. The van der Waals surface area contributed by atoms with Gasteiger partial charge in [-0.1, -0.05) is 53.5 Å². The molecular formula is C23H25Cl2N3O3. The molecule has 0 bridgehead atoms. The molecule has 8 heteroatoms. The number of nitrogens with one attached hydrogen (secondary N) is 1. The molecular weight excluding hydrogens is 437 g/mol. The average molecular weight is 462 g/mol. The molecule has 2 fully saturated rings. The number of carbonyl (C=O) groups is 2. The van der Waals surface area contributed by atoms with Crippen molar-refractivity contribution in [1.29, 1.82) is 0 Å². The summed E-state index contributed by atoms with van der Waals surface area (Å²) in [5, 5.41) is 3.87. The van der Waals surface area contributed by atoms with Crippen LogP contribution in [0.3, 0.4) is 0 Å². The molecule has 2 aliphatic rings. The van der Waals surface area contributed by atoms with Crippen LogP contribution in [0.25, 0.3) is 0 Å². The number of hydrogen-bond acceptors (Lipinski definition) is 4. The minimum atomic E-state index is -0.487. The van der Waals surface area contributed by atoms with Crippen molar-refractivity contribution in [3.63, 3.8) is 0 Å². The number of halogens is 2. The summed E-state index contributed by atoms with van der Waals surface area (Å²) in [6, 6.07) is 14.1. The number of ether oxygens (including phenoxy) is 1. The smallest absolute Gasteiger partial charge is 0.251 e. The highest BCUT2D eigenvalue weighted by molar-refractivity contribution is 6.35. The van der Waals surface area contributed by atoms with Crippen molar-refractivity contribution in [3.05, 3.63) is 64.1 Å². The van der Waals surface area contributed by atoms with Crippen molar-refractivity contribution in [3.8, 4) is 0 Å². The maximum absolute atomic E-state index is 13.3. The van der Waals surface area contributed by atoms with Crippen molar-refractivity contribution in [2.45, 2.75) is 25.0 Å². The first-order chi connectivity index (χ1) is 15.0. The molecule has 1 N–H and O–H groups in total. The number of amides is 2. The third-order valence-corrected chi connectivity index (χ3v) is 6.13. The lowest BCUT2D eigenvalue weighted by molar-refractivity contribution is -0.143. The topological polar surface area (TPSA) is 61.9 Å². The van der Waals surface area contributed by atoms with Crippen molar-refractivity contribution in [1.82, 2.24) is 9.80 Å². The summed E-state index contributed by atoms with van der Waals surface area (Å²) in [5.41, 5.74) is 1.45. The Kier molecular flexibility index (Phi) is 7.13. The van der Waals surface area contributed by atoms with Crippen LogP contribution >= 0.6 is 23.2 Å². The Balaban J connectivity index is 1.48. The summed E-state index contributed by atoms with van der Waals surface area (Å²) in [7, 11) is 0. The molecule has 0 spiro atoms. The van der Waals surface area contributed by atoms with E-state index in [2.05, 4.69) is 10.2 Å². The zero-order valence-corrected chi connectivity index (χ0v) is 18.6. The van der Waals surface area contributed by atoms with Crippen LogP contribution in [0.4, 0.5) is 5.69 Å². The van der Waals surface area contributed by atoms with Crippen LogP contribution in [-0.4, -0.2) is 60.5 Å². The van der Waals surface area contributed by atoms with E-state index >= 15 is 0 Å². The van der Waals surface area contributed by atoms with Gasteiger partial charge in [-0.05, 0) is 36.6 Å². The Morgan fingerprint density at radius 1 is 1.00 bits per heavy atom. The Hall–Kier alpha value is -2.12. The maximum Gasteiger partial charge on any atom is 0.251 e. The minimum absolute atomic E-state index is 0.0615. The molecule has 0 saturated carbocycles. The Morgan fingerprint density at radius 3 is 2.29 bits per heavy atom. The molecule has 2 saturated heterocycles. The van der Waals surface area contributed by atoms with Gasteiger partial charge in [0, 0.05) is 48.5 Å². The summed E-state index contributed by atoms with van der Waals surface area (Å²) in [4.78, 5) is 29.9. The van der Waals surface area contributed by atoms with Crippen LogP contribution in [0.2, 0.25) is 10.0 Å². The lowest BCUT2D eigenvalue weighted by Crippen LogP contribution is -2.53. The second kappa shape index (κ2) is 10.0. The summed E-state index contributed by atoms with van der Waals surface area (Å²) in [6.07, 6.45) is 1.41. The lowest BCUT2D eigenvalue weighted by atomic mass is 10.0. The summed E-state index contributed by atoms with van der Waals surface area (Å²) in [6.45, 7) is 2.99. The van der Waals surface area contributed by atoms with Gasteiger partial charge in [-0.3, -0.25) is 14.5 Å². The molecule has 2 amide bonds. The summed E-state index contributed by atoms with van der Waals surface area (Å²) >= 11 is 12.2. The average Bonchev–Trinajstić information content (AvgIpc) is 3.29. The van der Waals surface area contributed by atoms with Crippen LogP contribution in [0.15, 0.2) is 48.5 Å². The quantitative estimate of drug-likeness (QED) is 0.730. The van der Waals surface area contributed by atoms with Gasteiger partial charge in [-0.15, -0.1) is 0 Å². The van der Waals surface area contributed by atoms with E-state index in [-0.39, 0.29) is 17.9 Å². The number of anilines is 1. The highest BCUT2D eigenvalue weighted by Crippen LogP contribution is 2.27. The van der Waals surface area contributed by atoms with E-state index in [1.165, 1.54) is 0 Å². The van der Waals surface area contributed by atoms with Gasteiger partial charge in [0.2, 0.25) is 5.91 Å². The number of benzene rings is 2. The number of rotatable bonds is 5. The number of piperazine rings is 1. The Morgan fingerprint density at radius 2 is 1.68 bits per heavy atom. The molecule has 0 aromatic heterocycles. The zero-order chi connectivity index (χ0) is 21.8. The zero-order valence-electron chi connectivity index (χ0n) is 17.1. The fraction of sp³-hybridized carbons (Fsp3) is 0.391. The van der Waals surface area contributed by atoms with Gasteiger partial charge in [-0.2, -0.15) is 0 Å². The normalized spacial score (nSPS) is 20.5. The molecule has 2 heterocycles. The van der Waals surface area contributed by atoms with Gasteiger partial charge < -0.3 is 15.0 Å². The van der Waals surface area contributed by atoms with Gasteiger partial charge in [0.05, 0.1) is 0 Å². The first kappa shape index (κ1) is 22.1. The second-order valence-corrected chi connectivity index (χ2v) is 8.70. The maximum atomic E-state index is 13.3. The van der Waals surface area contributed by atoms with Crippen molar-refractivity contribution < 1.29 is 14.3 Å². The van der Waals surface area contributed by atoms with E-state index in [9.17, 15) is 9.59 Å². The predicted octanol–water partition coefficient (Wildman–Crippen LogP) is 4.00. The minimum Gasteiger partial charge on any atom is -0.368 e. The second-order valence-electron chi connectivity index (χ2n) is 7.82. The van der Waals surface area contributed by atoms with Gasteiger partial charge in [0.1, 0.15) is 12.1 Å². The molecule has 31 heavy (non-hydrogen) atoms. The van der Waals surface area contributed by atoms with Crippen molar-refractivity contribution >= 4 is 40.7 Å². The van der Waals surface area contributed by atoms with Gasteiger partial charge in [0.15, 0.2) is 0 Å². The van der Waals surface area contributed by atoms with Gasteiger partial charge >= 0.3 is 0 Å². The standard InChI is InChI=1S/C23H25Cl2N3O3/c24-17-13-18(25)15-19(14-17)26-22(29)21(16-5-2-1-3-6-16)27-8-10-28(11-9-27)23(30)20-7-4-12-31-20/h1-3,5-6,13-15,20-21H,4,7-12H2,(H,26,29). The third kappa shape index (κ3) is 5.39. The van der Waals surface area contributed by atoms with E-state index in [1.807, 2.05) is 35.2 Å². The molecule has 2 unspecified atom stereocenters. The molecule has 4 rings (SSSR count). The fourth-order valence-corrected chi connectivity index (χ4v) is 4.70. The van der Waals surface area contributed by atoms with E-state index in [0.717, 1.165) is 18.4 Å². The largest absolute Gasteiger partial charge is 0.368 e. The van der Waals surface area contributed by atoms with Crippen LogP contribution in [-0.2, 0) is 14.3 Å². The Labute approximate surface area is 192 Å². The van der Waals surface area contributed by atoms with Gasteiger partial charge in [0.25, 0.3) is 5.91 Å². The number of nitrogens with zero attached hydrogens (tertiary/aromatic N) is 2. The van der Waals surface area contributed by atoms with Gasteiger partial charge in [-0.25, -0.2) is 0 Å². The number of hydrogen-bond donors (Lipinski definition) is 1. The van der Waals surface area contributed by atoms with E-state index < -0.39 is 6.04 Å². The van der Waals surface area contributed by atoms with E-state index in [1.54, 1.807) is 18.2 Å². The summed E-state index contributed by atoms with van der Waals surface area (Å²) < 4.78 is 5.54. The first-order valence-corrected chi connectivity index (χ1v) is 11.2. The fourth-order valence-electron chi connectivity index (χ4n) is 4.18. The molecule has 2 aliphatic heterocycles. The van der Waals surface area contributed by atoms with Crippen LogP contribution in [0, 0.1) is 0 Å². The highest BCUT2D eigenvalue weighted by Gasteiger charge is 2.34. The summed E-state index contributed by atoms with van der Waals surface area (Å²) in [5.74, 6) is -0.102. The molecule has 2 atom stereocenters. The molecule has 0 aliphatic carbocycles. The van der Waals surface area contributed by atoms with Crippen LogP contribution in [0.1, 0.15) is 24.4 Å². The van der Waals surface area contributed by atoms with Crippen LogP contribution < -0.4 is 5.32 Å². The lowest BCUT2D eigenvalue weighted by Gasteiger charge is -2.39. The van der Waals surface area contributed by atoms with E-state index in [4.69, 9.17) is 27.9 Å². The molecule has 2 aromatic carbocycles. The Bertz CT molecular complexity index is 907. The predicted molar refractivity (Wildman–Crippen MR) is 121 cm³/mol. The first-order valence-electron chi connectivity index (χ1n) is 10.5. The SMILES string of the molecule is O=C(Nc1cc(Cl)cc(Cl)c1)C(c1ccccc1)N1CCN(C(=O)C2CCCO2)CC1. The van der Waals surface area contributed by atoms with E-state index in [0.29, 0.717) is 48.5 Å². The highest BCUT2D eigenvalue weighted by atomic mass is 35.5. The monoisotopic (exact) mass is 461 g/mol. The molecule has 164 valence electrons. The molecule has 2 aromatic rings. The van der Waals surface area contributed by atoms with Crippen molar-refractivity contribution in [2.24, 2.45) is 0 Å². The third-order valence-electron chi connectivity index (χ3n) is 5.69. The molecule has 0 radical (unpaired) electrons. The number of carbonyl (C=O) groups excluding carboxylic acids is 2. The van der Waals surface area contributed by atoms with Crippen LogP contribution in [0.5, 0.6) is 0 Å².